The van der Waals surface area contributed by atoms with Crippen molar-refractivity contribution in [3.05, 3.63) is 88.2 Å². The van der Waals surface area contributed by atoms with E-state index in [4.69, 9.17) is 21.1 Å². The molecule has 0 radical (unpaired) electrons. The topological polar surface area (TPSA) is 91.6 Å². The van der Waals surface area contributed by atoms with Crippen molar-refractivity contribution in [2.45, 2.75) is 6.61 Å². The normalized spacial score (nSPS) is 10.9. The summed E-state index contributed by atoms with van der Waals surface area (Å²) in [5.74, 6) is -0.510. The van der Waals surface area contributed by atoms with Gasteiger partial charge in [0, 0.05) is 11.3 Å². The summed E-state index contributed by atoms with van der Waals surface area (Å²) >= 11 is 6.33. The van der Waals surface area contributed by atoms with E-state index in [1.807, 2.05) is 6.07 Å². The Bertz CT molecular complexity index is 1200. The van der Waals surface area contributed by atoms with Crippen LogP contribution in [0.1, 0.15) is 11.1 Å². The summed E-state index contributed by atoms with van der Waals surface area (Å²) in [5.41, 5.74) is 1.03. The second-order valence-corrected chi connectivity index (χ2v) is 6.99. The number of methoxy groups -OCH3 is 1. The second kappa shape index (κ2) is 10.3. The van der Waals surface area contributed by atoms with Crippen LogP contribution in [0.15, 0.2) is 66.2 Å². The zero-order valence-electron chi connectivity index (χ0n) is 16.9. The van der Waals surface area contributed by atoms with Crippen molar-refractivity contribution >= 4 is 29.3 Å². The Morgan fingerprint density at radius 2 is 1.94 bits per heavy atom. The highest BCUT2D eigenvalue weighted by Crippen LogP contribution is 2.37. The number of ether oxygens (including phenoxy) is 2. The van der Waals surface area contributed by atoms with Crippen LogP contribution < -0.4 is 14.8 Å². The molecule has 0 fully saturated rings. The van der Waals surface area contributed by atoms with E-state index >= 15 is 0 Å². The number of aromatic hydroxyl groups is 1. The van der Waals surface area contributed by atoms with E-state index in [-0.39, 0.29) is 34.5 Å². The number of nitriles is 1. The van der Waals surface area contributed by atoms with E-state index in [2.05, 4.69) is 5.32 Å². The molecule has 0 unspecified atom stereocenters. The average molecular weight is 453 g/mol. The van der Waals surface area contributed by atoms with Crippen LogP contribution in [0.25, 0.3) is 6.08 Å². The highest BCUT2D eigenvalue weighted by molar-refractivity contribution is 6.32. The first-order valence-corrected chi connectivity index (χ1v) is 9.75. The molecule has 0 spiro atoms. The maximum absolute atomic E-state index is 13.8. The fourth-order valence-electron chi connectivity index (χ4n) is 2.79. The van der Waals surface area contributed by atoms with Gasteiger partial charge in [0.05, 0.1) is 12.1 Å². The summed E-state index contributed by atoms with van der Waals surface area (Å²) in [5, 5.41) is 21.5. The van der Waals surface area contributed by atoms with E-state index in [0.717, 1.165) is 0 Å². The van der Waals surface area contributed by atoms with E-state index in [1.54, 1.807) is 24.3 Å². The molecule has 32 heavy (non-hydrogen) atoms. The van der Waals surface area contributed by atoms with Crippen molar-refractivity contribution in [1.29, 1.82) is 5.26 Å². The number of benzene rings is 3. The first kappa shape index (κ1) is 22.7. The lowest BCUT2D eigenvalue weighted by molar-refractivity contribution is -0.112. The van der Waals surface area contributed by atoms with Gasteiger partial charge in [-0.25, -0.2) is 4.39 Å². The van der Waals surface area contributed by atoms with Gasteiger partial charge in [0.2, 0.25) is 0 Å². The lowest BCUT2D eigenvalue weighted by Gasteiger charge is -2.14. The zero-order chi connectivity index (χ0) is 23.1. The predicted molar refractivity (Wildman–Crippen MR) is 119 cm³/mol. The molecule has 0 bridgehead atoms. The molecule has 0 aromatic heterocycles. The van der Waals surface area contributed by atoms with Crippen LogP contribution in [0.2, 0.25) is 5.02 Å². The Morgan fingerprint density at radius 3 is 2.59 bits per heavy atom. The Morgan fingerprint density at radius 1 is 1.22 bits per heavy atom. The smallest absolute Gasteiger partial charge is 0.266 e. The van der Waals surface area contributed by atoms with Crippen LogP contribution in [0, 0.1) is 17.1 Å². The number of rotatable bonds is 7. The minimum Gasteiger partial charge on any atom is -0.508 e. The monoisotopic (exact) mass is 452 g/mol. The van der Waals surface area contributed by atoms with E-state index in [9.17, 15) is 19.6 Å². The fraction of sp³-hybridized carbons (Fsp3) is 0.0833. The molecule has 0 heterocycles. The first-order chi connectivity index (χ1) is 15.4. The third-order valence-electron chi connectivity index (χ3n) is 4.38. The summed E-state index contributed by atoms with van der Waals surface area (Å²) in [7, 11) is 1.41. The standard InChI is InChI=1S/C24H18ClFN2O4/c1-31-22-12-15(10-17(13-27)24(30)28-18-6-8-19(29)9-7-18)11-20(25)23(22)32-14-16-4-2-3-5-21(16)26/h2-12,29H,14H2,1H3,(H,28,30)/b17-10+. The van der Waals surface area contributed by atoms with E-state index in [1.165, 1.54) is 49.6 Å². The van der Waals surface area contributed by atoms with Crippen LogP contribution in [-0.2, 0) is 11.4 Å². The highest BCUT2D eigenvalue weighted by Gasteiger charge is 2.15. The van der Waals surface area contributed by atoms with Crippen molar-refractivity contribution in [3.8, 4) is 23.3 Å². The number of phenolic OH excluding ortho intramolecular Hbond substituents is 1. The molecular formula is C24H18ClFN2O4. The SMILES string of the molecule is COc1cc(/C=C(\C#N)C(=O)Nc2ccc(O)cc2)cc(Cl)c1OCc1ccccc1F. The number of phenols is 1. The molecule has 162 valence electrons. The molecule has 0 aliphatic carbocycles. The lowest BCUT2D eigenvalue weighted by Crippen LogP contribution is -2.13. The van der Waals surface area contributed by atoms with E-state index < -0.39 is 11.7 Å². The Kier molecular flexibility index (Phi) is 7.32. The molecule has 1 amide bonds. The maximum Gasteiger partial charge on any atom is 0.266 e. The van der Waals surface area contributed by atoms with Crippen LogP contribution >= 0.6 is 11.6 Å². The van der Waals surface area contributed by atoms with Crippen molar-refractivity contribution in [2.24, 2.45) is 0 Å². The van der Waals surface area contributed by atoms with Crippen molar-refractivity contribution in [2.75, 3.05) is 12.4 Å². The molecule has 3 aromatic carbocycles. The Hall–Kier alpha value is -4.02. The molecular weight excluding hydrogens is 435 g/mol. The molecule has 2 N–H and O–H groups in total. The van der Waals surface area contributed by atoms with Gasteiger partial charge in [0.1, 0.15) is 29.8 Å². The van der Waals surface area contributed by atoms with Gasteiger partial charge in [-0.3, -0.25) is 4.79 Å². The minimum absolute atomic E-state index is 0.0538. The molecule has 0 atom stereocenters. The molecule has 0 aliphatic rings. The first-order valence-electron chi connectivity index (χ1n) is 9.37. The summed E-state index contributed by atoms with van der Waals surface area (Å²) in [6.45, 7) is -0.0591. The van der Waals surface area contributed by atoms with Crippen LogP contribution in [0.3, 0.4) is 0 Å². The largest absolute Gasteiger partial charge is 0.508 e. The Balaban J connectivity index is 1.82. The van der Waals surface area contributed by atoms with Gasteiger partial charge in [0.25, 0.3) is 5.91 Å². The van der Waals surface area contributed by atoms with Crippen molar-refractivity contribution in [1.82, 2.24) is 0 Å². The van der Waals surface area contributed by atoms with Crippen molar-refractivity contribution in [3.63, 3.8) is 0 Å². The van der Waals surface area contributed by atoms with Crippen LogP contribution in [0.4, 0.5) is 10.1 Å². The summed E-state index contributed by atoms with van der Waals surface area (Å²) in [4.78, 5) is 12.4. The fourth-order valence-corrected chi connectivity index (χ4v) is 3.06. The number of anilines is 1. The van der Waals surface area contributed by atoms with Gasteiger partial charge in [0.15, 0.2) is 11.5 Å². The number of halogens is 2. The highest BCUT2D eigenvalue weighted by atomic mass is 35.5. The third kappa shape index (κ3) is 5.56. The average Bonchev–Trinajstić information content (AvgIpc) is 2.78. The lowest BCUT2D eigenvalue weighted by atomic mass is 10.1. The Labute approximate surface area is 189 Å². The summed E-state index contributed by atoms with van der Waals surface area (Å²) in [6, 6.07) is 16.9. The minimum atomic E-state index is -0.631. The molecule has 0 saturated heterocycles. The maximum atomic E-state index is 13.8. The van der Waals surface area contributed by atoms with Gasteiger partial charge in [-0.15, -0.1) is 0 Å². The molecule has 3 rings (SSSR count). The van der Waals surface area contributed by atoms with Crippen molar-refractivity contribution < 1.29 is 23.8 Å². The number of nitrogens with zero attached hydrogens (tertiary/aromatic N) is 1. The van der Waals surface area contributed by atoms with E-state index in [0.29, 0.717) is 16.8 Å². The third-order valence-corrected chi connectivity index (χ3v) is 4.66. The van der Waals surface area contributed by atoms with Gasteiger partial charge in [-0.1, -0.05) is 29.8 Å². The van der Waals surface area contributed by atoms with Gasteiger partial charge >= 0.3 is 0 Å². The van der Waals surface area contributed by atoms with Gasteiger partial charge < -0.3 is 19.9 Å². The number of amides is 1. The van der Waals surface area contributed by atoms with Crippen LogP contribution in [0.5, 0.6) is 17.2 Å². The van der Waals surface area contributed by atoms with Crippen LogP contribution in [-0.4, -0.2) is 18.1 Å². The summed E-state index contributed by atoms with van der Waals surface area (Å²) in [6.07, 6.45) is 1.35. The number of hydrogen-bond acceptors (Lipinski definition) is 5. The van der Waals surface area contributed by atoms with Gasteiger partial charge in [-0.2, -0.15) is 5.26 Å². The van der Waals surface area contributed by atoms with Gasteiger partial charge in [-0.05, 0) is 54.1 Å². The number of carbonyl (C=O) groups is 1. The molecule has 8 heteroatoms. The number of nitrogens with one attached hydrogen (secondary N) is 1. The predicted octanol–water partition coefficient (Wildman–Crippen LogP) is 5.32. The second-order valence-electron chi connectivity index (χ2n) is 6.59. The molecule has 0 aliphatic heterocycles. The molecule has 0 saturated carbocycles. The zero-order valence-corrected chi connectivity index (χ0v) is 17.7. The quantitative estimate of drug-likeness (QED) is 0.287. The number of carbonyl (C=O) groups excluding carboxylic acids is 1. The summed E-state index contributed by atoms with van der Waals surface area (Å²) < 4.78 is 24.8. The number of hydrogen-bond donors (Lipinski definition) is 2. The molecule has 3 aromatic rings. The molecule has 6 nitrogen and oxygen atoms in total.